The summed E-state index contributed by atoms with van der Waals surface area (Å²) < 4.78 is 43.4. The van der Waals surface area contributed by atoms with E-state index in [0.29, 0.717) is 28.3 Å². The molecular formula is C22H18F3NO3. The number of phenolic OH excluding ortho intramolecular Hbond substituents is 1. The van der Waals surface area contributed by atoms with Crippen LogP contribution in [0.3, 0.4) is 0 Å². The second-order valence-electron chi connectivity index (χ2n) is 6.24. The van der Waals surface area contributed by atoms with Crippen LogP contribution in [0.1, 0.15) is 23.6 Å². The van der Waals surface area contributed by atoms with Crippen molar-refractivity contribution < 1.29 is 27.9 Å². The Labute approximate surface area is 165 Å². The number of halogens is 3. The van der Waals surface area contributed by atoms with Crippen LogP contribution < -0.4 is 4.74 Å². The number of hydrogen-bond donors (Lipinski definition) is 1. The molecule has 3 rings (SSSR count). The fourth-order valence-electron chi connectivity index (χ4n) is 2.55. The van der Waals surface area contributed by atoms with Gasteiger partial charge in [0.25, 0.3) is 0 Å². The third kappa shape index (κ3) is 5.51. The second kappa shape index (κ2) is 8.68. The van der Waals surface area contributed by atoms with Crippen LogP contribution in [0.25, 0.3) is 0 Å². The number of ether oxygens (including phenoxy) is 1. The maximum absolute atomic E-state index is 12.6. The van der Waals surface area contributed by atoms with E-state index in [1.54, 1.807) is 31.2 Å². The molecule has 0 aromatic heterocycles. The number of rotatable bonds is 6. The minimum Gasteiger partial charge on any atom is -0.507 e. The Hall–Kier alpha value is -3.48. The summed E-state index contributed by atoms with van der Waals surface area (Å²) in [5.74, 6) is 1.08. The van der Waals surface area contributed by atoms with E-state index in [9.17, 15) is 18.3 Å². The van der Waals surface area contributed by atoms with Crippen molar-refractivity contribution >= 4 is 5.71 Å². The highest BCUT2D eigenvalue weighted by Gasteiger charge is 2.29. The first kappa shape index (κ1) is 20.3. The lowest BCUT2D eigenvalue weighted by atomic mass is 10.1. The van der Waals surface area contributed by atoms with Gasteiger partial charge in [-0.25, -0.2) is 0 Å². The van der Waals surface area contributed by atoms with E-state index in [-0.39, 0.29) is 12.4 Å². The van der Waals surface area contributed by atoms with Gasteiger partial charge in [0.15, 0.2) is 0 Å². The SMILES string of the molecule is C/C(=N\OCc1ccc(C(F)(F)F)cc1)c1ccc(Oc2ccccc2)cc1O. The van der Waals surface area contributed by atoms with Gasteiger partial charge in [0.05, 0.1) is 11.3 Å². The molecule has 0 atom stereocenters. The largest absolute Gasteiger partial charge is 0.507 e. The Bertz CT molecular complexity index is 984. The predicted molar refractivity (Wildman–Crippen MR) is 103 cm³/mol. The maximum atomic E-state index is 12.6. The van der Waals surface area contributed by atoms with Crippen LogP contribution in [0.5, 0.6) is 17.2 Å². The van der Waals surface area contributed by atoms with Crippen molar-refractivity contribution in [3.05, 3.63) is 89.5 Å². The quantitative estimate of drug-likeness (QED) is 0.398. The average Bonchev–Trinajstić information content (AvgIpc) is 2.68. The summed E-state index contributed by atoms with van der Waals surface area (Å²) >= 11 is 0. The second-order valence-corrected chi connectivity index (χ2v) is 6.24. The van der Waals surface area contributed by atoms with Crippen LogP contribution in [0.4, 0.5) is 13.2 Å². The van der Waals surface area contributed by atoms with E-state index in [0.717, 1.165) is 12.1 Å². The molecule has 0 fully saturated rings. The molecule has 0 heterocycles. The van der Waals surface area contributed by atoms with E-state index in [2.05, 4.69) is 5.16 Å². The zero-order valence-electron chi connectivity index (χ0n) is 15.5. The van der Waals surface area contributed by atoms with Crippen molar-refractivity contribution in [2.24, 2.45) is 5.16 Å². The van der Waals surface area contributed by atoms with Gasteiger partial charge in [-0.3, -0.25) is 0 Å². The van der Waals surface area contributed by atoms with Crippen LogP contribution in [-0.2, 0) is 17.6 Å². The molecular weight excluding hydrogens is 383 g/mol. The fourth-order valence-corrected chi connectivity index (χ4v) is 2.55. The number of benzene rings is 3. The third-order valence-corrected chi connectivity index (χ3v) is 4.05. The van der Waals surface area contributed by atoms with E-state index in [1.165, 1.54) is 18.2 Å². The molecule has 1 N–H and O–H groups in total. The Kier molecular flexibility index (Phi) is 6.07. The normalized spacial score (nSPS) is 11.9. The standard InChI is InChI=1S/C22H18F3NO3/c1-15(26-28-14-16-7-9-17(10-8-16)22(23,24)25)20-12-11-19(13-21(20)27)29-18-5-3-2-4-6-18/h2-13,27H,14H2,1H3/b26-15+. The molecule has 0 bridgehead atoms. The third-order valence-electron chi connectivity index (χ3n) is 4.05. The minimum atomic E-state index is -4.37. The smallest absolute Gasteiger partial charge is 0.416 e. The van der Waals surface area contributed by atoms with Crippen molar-refractivity contribution in [1.29, 1.82) is 0 Å². The summed E-state index contributed by atoms with van der Waals surface area (Å²) in [5, 5.41) is 14.2. The summed E-state index contributed by atoms with van der Waals surface area (Å²) in [6.07, 6.45) is -4.37. The molecule has 3 aromatic rings. The highest BCUT2D eigenvalue weighted by atomic mass is 19.4. The van der Waals surface area contributed by atoms with Gasteiger partial charge in [-0.05, 0) is 48.9 Å². The zero-order chi connectivity index (χ0) is 20.9. The molecule has 0 aliphatic heterocycles. The van der Waals surface area contributed by atoms with Crippen LogP contribution in [0.2, 0.25) is 0 Å². The molecule has 0 saturated heterocycles. The predicted octanol–water partition coefficient (Wildman–Crippen LogP) is 6.14. The zero-order valence-corrected chi connectivity index (χ0v) is 15.5. The summed E-state index contributed by atoms with van der Waals surface area (Å²) in [6, 6.07) is 18.6. The number of aromatic hydroxyl groups is 1. The molecule has 0 radical (unpaired) electrons. The van der Waals surface area contributed by atoms with Gasteiger partial charge < -0.3 is 14.7 Å². The fraction of sp³-hybridized carbons (Fsp3) is 0.136. The molecule has 0 aliphatic carbocycles. The molecule has 0 aliphatic rings. The summed E-state index contributed by atoms with van der Waals surface area (Å²) in [7, 11) is 0. The molecule has 29 heavy (non-hydrogen) atoms. The van der Waals surface area contributed by atoms with Crippen LogP contribution in [0, 0.1) is 0 Å². The minimum absolute atomic E-state index is 0.00540. The summed E-state index contributed by atoms with van der Waals surface area (Å²) in [6.45, 7) is 1.66. The Morgan fingerprint density at radius 1 is 0.931 bits per heavy atom. The maximum Gasteiger partial charge on any atom is 0.416 e. The van der Waals surface area contributed by atoms with Gasteiger partial charge in [-0.15, -0.1) is 0 Å². The number of alkyl halides is 3. The summed E-state index contributed by atoms with van der Waals surface area (Å²) in [4.78, 5) is 5.21. The first-order chi connectivity index (χ1) is 13.8. The van der Waals surface area contributed by atoms with E-state index >= 15 is 0 Å². The lowest BCUT2D eigenvalue weighted by Crippen LogP contribution is -2.04. The van der Waals surface area contributed by atoms with Gasteiger partial charge >= 0.3 is 6.18 Å². The van der Waals surface area contributed by atoms with Crippen molar-refractivity contribution in [2.75, 3.05) is 0 Å². The number of para-hydroxylation sites is 1. The van der Waals surface area contributed by atoms with Gasteiger partial charge in [0.1, 0.15) is 23.9 Å². The first-order valence-electron chi connectivity index (χ1n) is 8.72. The highest BCUT2D eigenvalue weighted by molar-refractivity contribution is 6.00. The Morgan fingerprint density at radius 2 is 1.62 bits per heavy atom. The molecule has 0 unspecified atom stereocenters. The Morgan fingerprint density at radius 3 is 2.24 bits per heavy atom. The van der Waals surface area contributed by atoms with Crippen molar-refractivity contribution in [3.8, 4) is 17.2 Å². The van der Waals surface area contributed by atoms with Crippen molar-refractivity contribution in [2.45, 2.75) is 19.7 Å². The Balaban J connectivity index is 1.62. The molecule has 3 aromatic carbocycles. The topological polar surface area (TPSA) is 51.0 Å². The molecule has 150 valence electrons. The van der Waals surface area contributed by atoms with Gasteiger partial charge in [-0.1, -0.05) is 35.5 Å². The van der Waals surface area contributed by atoms with Crippen molar-refractivity contribution in [1.82, 2.24) is 0 Å². The van der Waals surface area contributed by atoms with Gasteiger partial charge in [0, 0.05) is 11.6 Å². The van der Waals surface area contributed by atoms with E-state index < -0.39 is 11.7 Å². The number of nitrogens with zero attached hydrogens (tertiary/aromatic N) is 1. The van der Waals surface area contributed by atoms with Crippen LogP contribution >= 0.6 is 0 Å². The number of oxime groups is 1. The lowest BCUT2D eigenvalue weighted by molar-refractivity contribution is -0.137. The average molecular weight is 401 g/mol. The molecule has 0 amide bonds. The number of hydrogen-bond acceptors (Lipinski definition) is 4. The molecule has 7 heteroatoms. The highest BCUT2D eigenvalue weighted by Crippen LogP contribution is 2.30. The van der Waals surface area contributed by atoms with E-state index in [1.807, 2.05) is 18.2 Å². The lowest BCUT2D eigenvalue weighted by Gasteiger charge is -2.09. The molecule has 0 spiro atoms. The van der Waals surface area contributed by atoms with E-state index in [4.69, 9.17) is 9.57 Å². The first-order valence-corrected chi connectivity index (χ1v) is 8.72. The molecule has 4 nitrogen and oxygen atoms in total. The summed E-state index contributed by atoms with van der Waals surface area (Å²) in [5.41, 5.74) is 0.701. The van der Waals surface area contributed by atoms with Gasteiger partial charge in [-0.2, -0.15) is 13.2 Å². The molecule has 0 saturated carbocycles. The van der Waals surface area contributed by atoms with Crippen LogP contribution in [0.15, 0.2) is 78.0 Å². The van der Waals surface area contributed by atoms with Crippen molar-refractivity contribution in [3.63, 3.8) is 0 Å². The number of phenols is 1. The van der Waals surface area contributed by atoms with Gasteiger partial charge in [0.2, 0.25) is 0 Å². The van der Waals surface area contributed by atoms with Crippen LogP contribution in [-0.4, -0.2) is 10.8 Å². The monoisotopic (exact) mass is 401 g/mol.